The monoisotopic (exact) mass is 259 g/mol. The van der Waals surface area contributed by atoms with Gasteiger partial charge in [-0.3, -0.25) is 9.59 Å². The molecule has 0 aromatic heterocycles. The highest BCUT2D eigenvalue weighted by atomic mass is 16.2. The van der Waals surface area contributed by atoms with Crippen LogP contribution in [-0.2, 0) is 22.6 Å². The first-order chi connectivity index (χ1) is 9.22. The Hall–Kier alpha value is -1.88. The van der Waals surface area contributed by atoms with Gasteiger partial charge in [-0.1, -0.05) is 24.3 Å². The lowest BCUT2D eigenvalue weighted by molar-refractivity contribution is -0.124. The predicted octanol–water partition coefficient (Wildman–Crippen LogP) is -0.294. The van der Waals surface area contributed by atoms with Gasteiger partial charge in [0.25, 0.3) is 0 Å². The van der Waals surface area contributed by atoms with Gasteiger partial charge in [-0.05, 0) is 17.5 Å². The zero-order valence-corrected chi connectivity index (χ0v) is 10.6. The molecule has 3 rings (SSSR count). The summed E-state index contributed by atoms with van der Waals surface area (Å²) in [5.41, 5.74) is 2.48. The van der Waals surface area contributed by atoms with E-state index in [2.05, 4.69) is 28.1 Å². The van der Waals surface area contributed by atoms with E-state index in [9.17, 15) is 9.59 Å². The highest BCUT2D eigenvalue weighted by molar-refractivity contribution is 5.85. The molecule has 0 saturated carbocycles. The normalized spacial score (nSPS) is 25.6. The summed E-state index contributed by atoms with van der Waals surface area (Å²) in [5.74, 6) is -0.0109. The van der Waals surface area contributed by atoms with Crippen molar-refractivity contribution in [2.75, 3.05) is 6.54 Å². The number of hydrogen-bond donors (Lipinski definition) is 3. The van der Waals surface area contributed by atoms with Crippen LogP contribution in [0, 0.1) is 0 Å². The SMILES string of the molecule is O=C1CC(NC(=O)[C@@H]2Cc3ccccc3CN2)CN1. The summed E-state index contributed by atoms with van der Waals surface area (Å²) in [6, 6.07) is 7.88. The molecule has 100 valence electrons. The quantitative estimate of drug-likeness (QED) is 0.683. The summed E-state index contributed by atoms with van der Waals surface area (Å²) >= 11 is 0. The van der Waals surface area contributed by atoms with Crippen molar-refractivity contribution < 1.29 is 9.59 Å². The summed E-state index contributed by atoms with van der Waals surface area (Å²) < 4.78 is 0. The zero-order chi connectivity index (χ0) is 13.2. The molecule has 0 spiro atoms. The van der Waals surface area contributed by atoms with Gasteiger partial charge in [0.05, 0.1) is 12.1 Å². The Bertz CT molecular complexity index is 515. The standard InChI is InChI=1S/C14H17N3O2/c18-13-6-11(8-16-13)17-14(19)12-5-9-3-1-2-4-10(9)7-15-12/h1-4,11-12,15H,5-8H2,(H,16,18)(H,17,19)/t11?,12-/m0/s1. The van der Waals surface area contributed by atoms with Crippen molar-refractivity contribution in [3.63, 3.8) is 0 Å². The van der Waals surface area contributed by atoms with Gasteiger partial charge in [0.15, 0.2) is 0 Å². The van der Waals surface area contributed by atoms with Crippen LogP contribution in [0.4, 0.5) is 0 Å². The maximum atomic E-state index is 12.2. The maximum absolute atomic E-state index is 12.2. The molecule has 0 bridgehead atoms. The molecule has 2 heterocycles. The number of carbonyl (C=O) groups excluding carboxylic acids is 2. The lowest BCUT2D eigenvalue weighted by Crippen LogP contribution is -2.50. The van der Waals surface area contributed by atoms with Crippen molar-refractivity contribution >= 4 is 11.8 Å². The van der Waals surface area contributed by atoms with E-state index in [0.717, 1.165) is 6.54 Å². The molecule has 19 heavy (non-hydrogen) atoms. The molecule has 2 atom stereocenters. The molecule has 1 aromatic carbocycles. The van der Waals surface area contributed by atoms with E-state index in [0.29, 0.717) is 19.4 Å². The first-order valence-electron chi connectivity index (χ1n) is 6.59. The number of nitrogens with one attached hydrogen (secondary N) is 3. The zero-order valence-electron chi connectivity index (χ0n) is 10.6. The van der Waals surface area contributed by atoms with E-state index in [1.807, 2.05) is 12.1 Å². The highest BCUT2D eigenvalue weighted by Gasteiger charge is 2.28. The van der Waals surface area contributed by atoms with Gasteiger partial charge in [-0.25, -0.2) is 0 Å². The number of fused-ring (bicyclic) bond motifs is 1. The molecule has 0 radical (unpaired) electrons. The fraction of sp³-hybridized carbons (Fsp3) is 0.429. The second-order valence-electron chi connectivity index (χ2n) is 5.12. The van der Waals surface area contributed by atoms with E-state index >= 15 is 0 Å². The Balaban J connectivity index is 1.61. The molecule has 2 aliphatic heterocycles. The summed E-state index contributed by atoms with van der Waals surface area (Å²) in [6.07, 6.45) is 1.09. The number of hydrogen-bond acceptors (Lipinski definition) is 3. The maximum Gasteiger partial charge on any atom is 0.237 e. The fourth-order valence-corrected chi connectivity index (χ4v) is 2.65. The molecule has 3 N–H and O–H groups in total. The predicted molar refractivity (Wildman–Crippen MR) is 70.3 cm³/mol. The number of amides is 2. The third-order valence-electron chi connectivity index (χ3n) is 3.72. The first kappa shape index (κ1) is 12.2. The minimum Gasteiger partial charge on any atom is -0.354 e. The fourth-order valence-electron chi connectivity index (χ4n) is 2.65. The summed E-state index contributed by atoms with van der Waals surface area (Å²) in [6.45, 7) is 1.25. The lowest BCUT2D eigenvalue weighted by Gasteiger charge is -2.26. The second kappa shape index (κ2) is 5.01. The van der Waals surface area contributed by atoms with Crippen molar-refractivity contribution in [1.82, 2.24) is 16.0 Å². The van der Waals surface area contributed by atoms with Gasteiger partial charge >= 0.3 is 0 Å². The third kappa shape index (κ3) is 2.61. The molecular formula is C14H17N3O2. The Morgan fingerprint density at radius 2 is 2.00 bits per heavy atom. The molecule has 2 amide bonds. The molecule has 0 aliphatic carbocycles. The topological polar surface area (TPSA) is 70.2 Å². The smallest absolute Gasteiger partial charge is 0.237 e. The molecule has 2 aliphatic rings. The Labute approximate surface area is 111 Å². The van der Waals surface area contributed by atoms with Crippen molar-refractivity contribution in [1.29, 1.82) is 0 Å². The van der Waals surface area contributed by atoms with Crippen molar-refractivity contribution in [2.24, 2.45) is 0 Å². The number of benzene rings is 1. The van der Waals surface area contributed by atoms with Crippen LogP contribution in [0.5, 0.6) is 0 Å². The largest absolute Gasteiger partial charge is 0.354 e. The van der Waals surface area contributed by atoms with Crippen LogP contribution in [0.15, 0.2) is 24.3 Å². The molecule has 5 nitrogen and oxygen atoms in total. The minimum atomic E-state index is -0.203. The van der Waals surface area contributed by atoms with Crippen molar-refractivity contribution in [2.45, 2.75) is 31.5 Å². The average molecular weight is 259 g/mol. The van der Waals surface area contributed by atoms with Crippen LogP contribution < -0.4 is 16.0 Å². The van der Waals surface area contributed by atoms with E-state index in [1.54, 1.807) is 0 Å². The second-order valence-corrected chi connectivity index (χ2v) is 5.12. The molecule has 5 heteroatoms. The third-order valence-corrected chi connectivity index (χ3v) is 3.72. The lowest BCUT2D eigenvalue weighted by atomic mass is 9.95. The first-order valence-corrected chi connectivity index (χ1v) is 6.59. The average Bonchev–Trinajstić information content (AvgIpc) is 2.83. The van der Waals surface area contributed by atoms with E-state index in [-0.39, 0.29) is 23.9 Å². The van der Waals surface area contributed by atoms with Crippen LogP contribution in [0.2, 0.25) is 0 Å². The molecular weight excluding hydrogens is 242 g/mol. The van der Waals surface area contributed by atoms with Crippen molar-refractivity contribution in [3.8, 4) is 0 Å². The molecule has 1 saturated heterocycles. The van der Waals surface area contributed by atoms with E-state index < -0.39 is 0 Å². The minimum absolute atomic E-state index is 0.00671. The van der Waals surface area contributed by atoms with Crippen molar-refractivity contribution in [3.05, 3.63) is 35.4 Å². The van der Waals surface area contributed by atoms with Gasteiger partial charge in [-0.2, -0.15) is 0 Å². The van der Waals surface area contributed by atoms with Gasteiger partial charge in [0.1, 0.15) is 0 Å². The van der Waals surface area contributed by atoms with E-state index in [4.69, 9.17) is 0 Å². The van der Waals surface area contributed by atoms with Gasteiger partial charge < -0.3 is 16.0 Å². The molecule has 1 fully saturated rings. The van der Waals surface area contributed by atoms with Crippen LogP contribution in [-0.4, -0.2) is 30.4 Å². The van der Waals surface area contributed by atoms with Crippen LogP contribution in [0.3, 0.4) is 0 Å². The number of rotatable bonds is 2. The summed E-state index contributed by atoms with van der Waals surface area (Å²) in [4.78, 5) is 23.3. The summed E-state index contributed by atoms with van der Waals surface area (Å²) in [5, 5.41) is 8.89. The highest BCUT2D eigenvalue weighted by Crippen LogP contribution is 2.16. The Kier molecular flexibility index (Phi) is 3.21. The Morgan fingerprint density at radius 3 is 2.74 bits per heavy atom. The van der Waals surface area contributed by atoms with Gasteiger partial charge in [0.2, 0.25) is 11.8 Å². The van der Waals surface area contributed by atoms with Gasteiger partial charge in [-0.15, -0.1) is 0 Å². The molecule has 1 aromatic rings. The van der Waals surface area contributed by atoms with Crippen LogP contribution >= 0.6 is 0 Å². The van der Waals surface area contributed by atoms with Crippen LogP contribution in [0.25, 0.3) is 0 Å². The van der Waals surface area contributed by atoms with Crippen LogP contribution in [0.1, 0.15) is 17.5 Å². The Morgan fingerprint density at radius 1 is 1.21 bits per heavy atom. The van der Waals surface area contributed by atoms with Gasteiger partial charge in [0, 0.05) is 19.5 Å². The summed E-state index contributed by atoms with van der Waals surface area (Å²) in [7, 11) is 0. The number of carbonyl (C=O) groups is 2. The van der Waals surface area contributed by atoms with E-state index in [1.165, 1.54) is 11.1 Å². The molecule has 1 unspecified atom stereocenters.